The SMILES string of the molecule is Cc1cc(Br)ccc1N=C1NC(=O)/C(=C/c2cc(C)n(-c3ccc(Cl)cc3)c2C)S1. The molecule has 1 amide bonds. The highest BCUT2D eigenvalue weighted by Crippen LogP contribution is 2.32. The van der Waals surface area contributed by atoms with Crippen molar-refractivity contribution in [2.45, 2.75) is 20.8 Å². The molecule has 2 heterocycles. The molecule has 4 nitrogen and oxygen atoms in total. The third-order valence-corrected chi connectivity index (χ3v) is 6.53. The number of carbonyl (C=O) groups is 1. The van der Waals surface area contributed by atoms with Crippen molar-refractivity contribution in [2.75, 3.05) is 0 Å². The third kappa shape index (κ3) is 4.26. The van der Waals surface area contributed by atoms with Crippen LogP contribution in [-0.2, 0) is 4.79 Å². The van der Waals surface area contributed by atoms with Gasteiger partial charge in [-0.05, 0) is 98.3 Å². The number of aliphatic imine (C=N–C) groups is 1. The molecule has 0 atom stereocenters. The summed E-state index contributed by atoms with van der Waals surface area (Å²) in [5, 5.41) is 4.16. The number of aromatic nitrogens is 1. The number of hydrogen-bond donors (Lipinski definition) is 1. The highest BCUT2D eigenvalue weighted by atomic mass is 79.9. The van der Waals surface area contributed by atoms with E-state index in [1.165, 1.54) is 11.8 Å². The van der Waals surface area contributed by atoms with E-state index in [0.29, 0.717) is 15.1 Å². The number of halogens is 2. The number of nitrogens with zero attached hydrogens (tertiary/aromatic N) is 2. The smallest absolute Gasteiger partial charge is 0.264 e. The quantitative estimate of drug-likeness (QED) is 0.406. The average Bonchev–Trinajstić information content (AvgIpc) is 3.17. The molecule has 1 aromatic heterocycles. The Hall–Kier alpha value is -2.28. The number of rotatable bonds is 3. The minimum atomic E-state index is -0.134. The Bertz CT molecular complexity index is 1210. The summed E-state index contributed by atoms with van der Waals surface area (Å²) < 4.78 is 3.16. The Morgan fingerprint density at radius 3 is 2.53 bits per heavy atom. The van der Waals surface area contributed by atoms with Crippen molar-refractivity contribution in [3.8, 4) is 5.69 Å². The van der Waals surface area contributed by atoms with Gasteiger partial charge in [-0.15, -0.1) is 0 Å². The summed E-state index contributed by atoms with van der Waals surface area (Å²) in [4.78, 5) is 17.8. The molecule has 3 aromatic rings. The first kappa shape index (κ1) is 21.0. The van der Waals surface area contributed by atoms with Gasteiger partial charge in [0.15, 0.2) is 5.17 Å². The second kappa shape index (κ2) is 8.46. The van der Waals surface area contributed by atoms with E-state index in [1.807, 2.05) is 62.4 Å². The normalized spacial score (nSPS) is 16.5. The lowest BCUT2D eigenvalue weighted by molar-refractivity contribution is -0.115. The number of amides is 1. The Labute approximate surface area is 193 Å². The molecular weight excluding hydrogens is 482 g/mol. The number of hydrogen-bond acceptors (Lipinski definition) is 3. The Balaban J connectivity index is 1.64. The van der Waals surface area contributed by atoms with Crippen LogP contribution in [0.1, 0.15) is 22.5 Å². The minimum Gasteiger partial charge on any atom is -0.318 e. The van der Waals surface area contributed by atoms with Gasteiger partial charge >= 0.3 is 0 Å². The van der Waals surface area contributed by atoms with Crippen molar-refractivity contribution < 1.29 is 4.79 Å². The molecular formula is C23H19BrClN3OS. The molecule has 152 valence electrons. The summed E-state index contributed by atoms with van der Waals surface area (Å²) in [6.45, 7) is 6.09. The molecule has 1 N–H and O–H groups in total. The van der Waals surface area contributed by atoms with Crippen molar-refractivity contribution in [3.63, 3.8) is 0 Å². The number of nitrogens with one attached hydrogen (secondary N) is 1. The van der Waals surface area contributed by atoms with E-state index >= 15 is 0 Å². The molecule has 7 heteroatoms. The van der Waals surface area contributed by atoms with Gasteiger partial charge in [-0.2, -0.15) is 0 Å². The number of benzene rings is 2. The van der Waals surface area contributed by atoms with Crippen molar-refractivity contribution >= 4 is 62.1 Å². The zero-order valence-electron chi connectivity index (χ0n) is 16.7. The van der Waals surface area contributed by atoms with Crippen LogP contribution in [0.3, 0.4) is 0 Å². The van der Waals surface area contributed by atoms with Crippen molar-refractivity contribution in [1.29, 1.82) is 0 Å². The molecule has 1 fully saturated rings. The van der Waals surface area contributed by atoms with Gasteiger partial charge in [0.2, 0.25) is 0 Å². The van der Waals surface area contributed by atoms with Crippen LogP contribution in [0.25, 0.3) is 11.8 Å². The average molecular weight is 501 g/mol. The van der Waals surface area contributed by atoms with Gasteiger partial charge in [-0.25, -0.2) is 4.99 Å². The van der Waals surface area contributed by atoms with Crippen LogP contribution >= 0.6 is 39.3 Å². The maximum absolute atomic E-state index is 12.5. The van der Waals surface area contributed by atoms with E-state index in [-0.39, 0.29) is 5.91 Å². The van der Waals surface area contributed by atoms with Crippen LogP contribution in [0, 0.1) is 20.8 Å². The fourth-order valence-electron chi connectivity index (χ4n) is 3.40. The maximum Gasteiger partial charge on any atom is 0.264 e. The number of carbonyl (C=O) groups excluding carboxylic acids is 1. The topological polar surface area (TPSA) is 46.4 Å². The third-order valence-electron chi connectivity index (χ3n) is 4.87. The number of thioether (sulfide) groups is 1. The summed E-state index contributed by atoms with van der Waals surface area (Å²) in [7, 11) is 0. The van der Waals surface area contributed by atoms with E-state index < -0.39 is 0 Å². The van der Waals surface area contributed by atoms with E-state index in [0.717, 1.165) is 38.4 Å². The molecule has 1 aliphatic heterocycles. The zero-order valence-corrected chi connectivity index (χ0v) is 19.8. The Morgan fingerprint density at radius 1 is 1.10 bits per heavy atom. The van der Waals surface area contributed by atoms with Crippen LogP contribution in [0.15, 0.2) is 62.9 Å². The summed E-state index contributed by atoms with van der Waals surface area (Å²) in [6.07, 6.45) is 1.92. The first-order chi connectivity index (χ1) is 14.3. The Kier molecular flexibility index (Phi) is 5.91. The van der Waals surface area contributed by atoms with E-state index in [2.05, 4.69) is 43.8 Å². The van der Waals surface area contributed by atoms with E-state index in [4.69, 9.17) is 11.6 Å². The van der Waals surface area contributed by atoms with Gasteiger partial charge in [0.1, 0.15) is 0 Å². The van der Waals surface area contributed by atoms with Crippen LogP contribution in [0.4, 0.5) is 5.69 Å². The highest BCUT2D eigenvalue weighted by molar-refractivity contribution is 9.10. The van der Waals surface area contributed by atoms with Gasteiger partial charge in [0.25, 0.3) is 5.91 Å². The largest absolute Gasteiger partial charge is 0.318 e. The first-order valence-electron chi connectivity index (χ1n) is 9.32. The van der Waals surface area contributed by atoms with E-state index in [9.17, 15) is 4.79 Å². The lowest BCUT2D eigenvalue weighted by atomic mass is 10.2. The first-order valence-corrected chi connectivity index (χ1v) is 11.3. The second-order valence-corrected chi connectivity index (χ2v) is 9.43. The van der Waals surface area contributed by atoms with Crippen molar-refractivity contribution in [2.24, 2.45) is 4.99 Å². The lowest BCUT2D eigenvalue weighted by Crippen LogP contribution is -2.19. The molecule has 0 spiro atoms. The maximum atomic E-state index is 12.5. The number of amidine groups is 1. The van der Waals surface area contributed by atoms with Gasteiger partial charge in [0, 0.05) is 26.6 Å². The molecule has 0 saturated carbocycles. The van der Waals surface area contributed by atoms with Crippen LogP contribution in [0.5, 0.6) is 0 Å². The predicted molar refractivity (Wildman–Crippen MR) is 130 cm³/mol. The summed E-state index contributed by atoms with van der Waals surface area (Å²) in [6, 6.07) is 15.7. The van der Waals surface area contributed by atoms with E-state index in [1.54, 1.807) is 0 Å². The summed E-state index contributed by atoms with van der Waals surface area (Å²) >= 11 is 10.8. The summed E-state index contributed by atoms with van der Waals surface area (Å²) in [5.41, 5.74) is 6.06. The predicted octanol–water partition coefficient (Wildman–Crippen LogP) is 6.71. The van der Waals surface area contributed by atoms with Gasteiger partial charge in [0.05, 0.1) is 10.6 Å². The van der Waals surface area contributed by atoms with Crippen LogP contribution in [0.2, 0.25) is 5.02 Å². The molecule has 0 radical (unpaired) electrons. The summed E-state index contributed by atoms with van der Waals surface area (Å²) in [5.74, 6) is -0.134. The highest BCUT2D eigenvalue weighted by Gasteiger charge is 2.25. The molecule has 2 aromatic carbocycles. The monoisotopic (exact) mass is 499 g/mol. The molecule has 0 aliphatic carbocycles. The number of aryl methyl sites for hydroxylation is 2. The second-order valence-electron chi connectivity index (χ2n) is 7.05. The lowest BCUT2D eigenvalue weighted by Gasteiger charge is -2.09. The fraction of sp³-hybridized carbons (Fsp3) is 0.130. The standard InChI is InChI=1S/C23H19BrClN3OS/c1-13-10-17(24)4-9-20(13)26-23-27-22(29)21(30-23)12-16-11-14(2)28(15(16)3)19-7-5-18(25)6-8-19/h4-12H,1-3H3,(H,26,27,29)/b21-12-. The minimum absolute atomic E-state index is 0.134. The van der Waals surface area contributed by atoms with Gasteiger partial charge in [-0.1, -0.05) is 27.5 Å². The molecule has 30 heavy (non-hydrogen) atoms. The van der Waals surface area contributed by atoms with Crippen molar-refractivity contribution in [1.82, 2.24) is 9.88 Å². The zero-order chi connectivity index (χ0) is 21.4. The van der Waals surface area contributed by atoms with Crippen molar-refractivity contribution in [3.05, 3.63) is 85.4 Å². The van der Waals surface area contributed by atoms with Gasteiger partial charge < -0.3 is 9.88 Å². The van der Waals surface area contributed by atoms with Crippen LogP contribution in [-0.4, -0.2) is 15.6 Å². The van der Waals surface area contributed by atoms with Gasteiger partial charge in [-0.3, -0.25) is 4.79 Å². The fourth-order valence-corrected chi connectivity index (χ4v) is 4.82. The molecule has 1 aliphatic rings. The molecule has 4 rings (SSSR count). The molecule has 1 saturated heterocycles. The molecule has 0 unspecified atom stereocenters. The Morgan fingerprint density at radius 2 is 1.83 bits per heavy atom. The molecule has 0 bridgehead atoms. The van der Waals surface area contributed by atoms with Crippen LogP contribution < -0.4 is 5.32 Å².